The first-order valence-corrected chi connectivity index (χ1v) is 8.65. The maximum atomic E-state index is 12.1. The second-order valence-corrected chi connectivity index (χ2v) is 6.28. The molecule has 28 heavy (non-hydrogen) atoms. The van der Waals surface area contributed by atoms with Crippen molar-refractivity contribution in [3.63, 3.8) is 0 Å². The molecule has 0 aliphatic carbocycles. The minimum atomic E-state index is -1.05. The molecule has 7 heteroatoms. The van der Waals surface area contributed by atoms with Gasteiger partial charge in [-0.2, -0.15) is 0 Å². The third kappa shape index (κ3) is 4.97. The molecule has 144 valence electrons. The van der Waals surface area contributed by atoms with E-state index in [-0.39, 0.29) is 17.7 Å². The Hall–Kier alpha value is -3.61. The summed E-state index contributed by atoms with van der Waals surface area (Å²) in [7, 11) is 0. The summed E-state index contributed by atoms with van der Waals surface area (Å²) in [6, 6.07) is 13.8. The van der Waals surface area contributed by atoms with E-state index in [0.717, 1.165) is 5.75 Å². The summed E-state index contributed by atoms with van der Waals surface area (Å²) < 4.78 is 15.9. The molecule has 7 nitrogen and oxygen atoms in total. The van der Waals surface area contributed by atoms with Gasteiger partial charge in [0.1, 0.15) is 11.5 Å². The summed E-state index contributed by atoms with van der Waals surface area (Å²) in [6.45, 7) is 3.47. The number of aliphatic carboxylic acids is 1. The maximum Gasteiger partial charge on any atom is 0.363 e. The van der Waals surface area contributed by atoms with Crippen molar-refractivity contribution < 1.29 is 28.9 Å². The molecule has 0 atom stereocenters. The van der Waals surface area contributed by atoms with Gasteiger partial charge in [-0.1, -0.05) is 12.1 Å². The number of carboxylic acids is 1. The zero-order chi connectivity index (χ0) is 20.1. The van der Waals surface area contributed by atoms with E-state index in [9.17, 15) is 9.59 Å². The molecule has 0 amide bonds. The SMILES string of the molecule is CC(C)Oc1ccc(C2=NC(=Cc3ccc(OCC(=O)O)cc3)C(=O)O2)cc1. The summed E-state index contributed by atoms with van der Waals surface area (Å²) >= 11 is 0. The molecule has 1 aliphatic heterocycles. The lowest BCUT2D eigenvalue weighted by molar-refractivity contribution is -0.139. The van der Waals surface area contributed by atoms with Crippen molar-refractivity contribution in [1.29, 1.82) is 0 Å². The monoisotopic (exact) mass is 381 g/mol. The molecule has 0 unspecified atom stereocenters. The predicted molar refractivity (Wildman–Crippen MR) is 102 cm³/mol. The van der Waals surface area contributed by atoms with Gasteiger partial charge in [0, 0.05) is 5.56 Å². The lowest BCUT2D eigenvalue weighted by Crippen LogP contribution is -2.09. The number of rotatable bonds is 7. The van der Waals surface area contributed by atoms with Crippen LogP contribution in [0.2, 0.25) is 0 Å². The predicted octanol–water partition coefficient (Wildman–Crippen LogP) is 3.28. The molecule has 0 fully saturated rings. The molecular weight excluding hydrogens is 362 g/mol. The van der Waals surface area contributed by atoms with Crippen LogP contribution in [0.5, 0.6) is 11.5 Å². The van der Waals surface area contributed by atoms with Crippen LogP contribution in [0.3, 0.4) is 0 Å². The molecular formula is C21H19NO6. The van der Waals surface area contributed by atoms with Crippen molar-refractivity contribution in [2.45, 2.75) is 20.0 Å². The number of hydrogen-bond donors (Lipinski definition) is 1. The number of nitrogens with zero attached hydrogens (tertiary/aromatic N) is 1. The first kappa shape index (κ1) is 19.2. The van der Waals surface area contributed by atoms with Crippen molar-refractivity contribution >= 4 is 23.9 Å². The molecule has 0 bridgehead atoms. The molecule has 2 aromatic rings. The van der Waals surface area contributed by atoms with E-state index in [2.05, 4.69) is 4.99 Å². The number of ether oxygens (including phenoxy) is 3. The van der Waals surface area contributed by atoms with Crippen LogP contribution < -0.4 is 9.47 Å². The molecule has 0 spiro atoms. The van der Waals surface area contributed by atoms with E-state index in [4.69, 9.17) is 19.3 Å². The van der Waals surface area contributed by atoms with E-state index in [1.54, 1.807) is 54.6 Å². The van der Waals surface area contributed by atoms with Gasteiger partial charge in [-0.05, 0) is 61.9 Å². The molecule has 1 N–H and O–H groups in total. The number of hydrogen-bond acceptors (Lipinski definition) is 6. The summed E-state index contributed by atoms with van der Waals surface area (Å²) in [4.78, 5) is 26.9. The topological polar surface area (TPSA) is 94.4 Å². The third-order valence-electron chi connectivity index (χ3n) is 3.64. The van der Waals surface area contributed by atoms with Crippen LogP contribution >= 0.6 is 0 Å². The molecule has 0 aromatic heterocycles. The Bertz CT molecular complexity index is 926. The number of carbonyl (C=O) groups is 2. The van der Waals surface area contributed by atoms with E-state index in [0.29, 0.717) is 16.9 Å². The van der Waals surface area contributed by atoms with Gasteiger partial charge in [-0.15, -0.1) is 0 Å². The highest BCUT2D eigenvalue weighted by Crippen LogP contribution is 2.22. The number of esters is 1. The average Bonchev–Trinajstić information content (AvgIpc) is 3.02. The number of benzene rings is 2. The van der Waals surface area contributed by atoms with Gasteiger partial charge in [0.15, 0.2) is 12.3 Å². The van der Waals surface area contributed by atoms with Crippen molar-refractivity contribution in [2.75, 3.05) is 6.61 Å². The van der Waals surface area contributed by atoms with Gasteiger partial charge in [0.25, 0.3) is 0 Å². The highest BCUT2D eigenvalue weighted by molar-refractivity contribution is 6.12. The third-order valence-corrected chi connectivity index (χ3v) is 3.64. The Balaban J connectivity index is 1.73. The summed E-state index contributed by atoms with van der Waals surface area (Å²) in [6.07, 6.45) is 1.66. The van der Waals surface area contributed by atoms with Crippen LogP contribution in [-0.4, -0.2) is 35.7 Å². The van der Waals surface area contributed by atoms with E-state index in [1.807, 2.05) is 13.8 Å². The molecule has 0 saturated carbocycles. The van der Waals surface area contributed by atoms with Gasteiger partial charge in [-0.25, -0.2) is 14.6 Å². The van der Waals surface area contributed by atoms with Crippen molar-refractivity contribution in [3.05, 3.63) is 65.4 Å². The number of aliphatic imine (C=N–C) groups is 1. The zero-order valence-corrected chi connectivity index (χ0v) is 15.4. The van der Waals surface area contributed by atoms with Gasteiger partial charge >= 0.3 is 11.9 Å². The second-order valence-electron chi connectivity index (χ2n) is 6.28. The lowest BCUT2D eigenvalue weighted by Gasteiger charge is -2.09. The first-order chi connectivity index (χ1) is 13.4. The fraction of sp³-hybridized carbons (Fsp3) is 0.190. The second kappa shape index (κ2) is 8.39. The van der Waals surface area contributed by atoms with Crippen LogP contribution in [0, 0.1) is 0 Å². The zero-order valence-electron chi connectivity index (χ0n) is 15.4. The molecule has 0 radical (unpaired) electrons. The largest absolute Gasteiger partial charge is 0.491 e. The average molecular weight is 381 g/mol. The first-order valence-electron chi connectivity index (χ1n) is 8.65. The van der Waals surface area contributed by atoms with Crippen LogP contribution in [0.4, 0.5) is 0 Å². The van der Waals surface area contributed by atoms with Gasteiger partial charge in [-0.3, -0.25) is 0 Å². The Morgan fingerprint density at radius 3 is 2.36 bits per heavy atom. The Morgan fingerprint density at radius 2 is 1.75 bits per heavy atom. The van der Waals surface area contributed by atoms with Crippen LogP contribution in [0.15, 0.2) is 59.2 Å². The van der Waals surface area contributed by atoms with E-state index >= 15 is 0 Å². The van der Waals surface area contributed by atoms with Gasteiger partial charge < -0.3 is 19.3 Å². The number of carboxylic acid groups (broad SMARTS) is 1. The fourth-order valence-corrected chi connectivity index (χ4v) is 2.44. The molecule has 2 aromatic carbocycles. The van der Waals surface area contributed by atoms with E-state index in [1.165, 1.54) is 0 Å². The minimum absolute atomic E-state index is 0.0722. The summed E-state index contributed by atoms with van der Waals surface area (Å²) in [5.74, 6) is -0.209. The van der Waals surface area contributed by atoms with Crippen molar-refractivity contribution in [2.24, 2.45) is 4.99 Å². The fourth-order valence-electron chi connectivity index (χ4n) is 2.44. The number of carbonyl (C=O) groups excluding carboxylic acids is 1. The lowest BCUT2D eigenvalue weighted by atomic mass is 10.2. The van der Waals surface area contributed by atoms with Crippen LogP contribution in [0.1, 0.15) is 25.0 Å². The van der Waals surface area contributed by atoms with Crippen molar-refractivity contribution in [3.8, 4) is 11.5 Å². The molecule has 0 saturated heterocycles. The molecule has 3 rings (SSSR count). The summed E-state index contributed by atoms with van der Waals surface area (Å²) in [5.41, 5.74) is 1.56. The molecule has 1 heterocycles. The highest BCUT2D eigenvalue weighted by atomic mass is 16.6. The minimum Gasteiger partial charge on any atom is -0.491 e. The van der Waals surface area contributed by atoms with Gasteiger partial charge in [0.2, 0.25) is 5.90 Å². The van der Waals surface area contributed by atoms with Crippen LogP contribution in [0.25, 0.3) is 6.08 Å². The Morgan fingerprint density at radius 1 is 1.11 bits per heavy atom. The number of cyclic esters (lactones) is 1. The molecule has 1 aliphatic rings. The summed E-state index contributed by atoms with van der Waals surface area (Å²) in [5, 5.41) is 8.61. The van der Waals surface area contributed by atoms with Gasteiger partial charge in [0.05, 0.1) is 6.10 Å². The van der Waals surface area contributed by atoms with Crippen LogP contribution in [-0.2, 0) is 14.3 Å². The highest BCUT2D eigenvalue weighted by Gasteiger charge is 2.24. The quantitative estimate of drug-likeness (QED) is 0.584. The maximum absolute atomic E-state index is 12.1. The standard InChI is InChI=1S/C21H19NO6/c1-13(2)27-17-9-5-15(6-10-17)20-22-18(21(25)28-20)11-14-3-7-16(8-4-14)26-12-19(23)24/h3-11,13H,12H2,1-2H3,(H,23,24). The smallest absolute Gasteiger partial charge is 0.363 e. The van der Waals surface area contributed by atoms with E-state index < -0.39 is 18.5 Å². The normalized spacial score (nSPS) is 14.8. The Kier molecular flexibility index (Phi) is 5.74. The Labute approximate surface area is 161 Å². The van der Waals surface area contributed by atoms with Crippen molar-refractivity contribution in [1.82, 2.24) is 0 Å².